The molecule has 0 aliphatic heterocycles. The number of benzene rings is 2. The van der Waals surface area contributed by atoms with Gasteiger partial charge >= 0.3 is 0 Å². The standard InChI is InChI=1S/C18H18N4O/c1-13-6-7-17(14(2)8-13)21-18(23)16-5-3-4-15(9-16)10-22-12-19-11-20-22/h3-9,11-12H,10H2,1-2H3,(H,21,23). The number of carbonyl (C=O) groups is 1. The Morgan fingerprint density at radius 1 is 1.17 bits per heavy atom. The number of amides is 1. The van der Waals surface area contributed by atoms with Gasteiger partial charge in [0.25, 0.3) is 5.91 Å². The molecule has 1 amide bonds. The maximum atomic E-state index is 12.5. The lowest BCUT2D eigenvalue weighted by Crippen LogP contribution is -2.13. The summed E-state index contributed by atoms with van der Waals surface area (Å²) in [4.78, 5) is 16.4. The number of nitrogens with zero attached hydrogens (tertiary/aromatic N) is 3. The third-order valence-corrected chi connectivity index (χ3v) is 3.63. The van der Waals surface area contributed by atoms with Crippen LogP contribution in [0.25, 0.3) is 0 Å². The van der Waals surface area contributed by atoms with Crippen molar-refractivity contribution in [1.82, 2.24) is 14.8 Å². The van der Waals surface area contributed by atoms with Crippen LogP contribution in [0.2, 0.25) is 0 Å². The summed E-state index contributed by atoms with van der Waals surface area (Å²) in [5.74, 6) is -0.114. The van der Waals surface area contributed by atoms with Crippen molar-refractivity contribution in [2.45, 2.75) is 20.4 Å². The van der Waals surface area contributed by atoms with E-state index in [1.807, 2.05) is 50.2 Å². The Hall–Kier alpha value is -2.95. The van der Waals surface area contributed by atoms with Gasteiger partial charge in [-0.2, -0.15) is 5.10 Å². The topological polar surface area (TPSA) is 59.8 Å². The highest BCUT2D eigenvalue weighted by Crippen LogP contribution is 2.17. The van der Waals surface area contributed by atoms with Crippen molar-refractivity contribution in [2.24, 2.45) is 0 Å². The van der Waals surface area contributed by atoms with E-state index in [0.29, 0.717) is 12.1 Å². The van der Waals surface area contributed by atoms with Gasteiger partial charge in [0.15, 0.2) is 0 Å². The highest BCUT2D eigenvalue weighted by molar-refractivity contribution is 6.04. The van der Waals surface area contributed by atoms with Crippen LogP contribution in [0, 0.1) is 13.8 Å². The molecule has 1 heterocycles. The Balaban J connectivity index is 1.77. The van der Waals surface area contributed by atoms with Crippen LogP contribution in [0.15, 0.2) is 55.1 Å². The van der Waals surface area contributed by atoms with E-state index in [1.54, 1.807) is 11.0 Å². The number of hydrogen-bond acceptors (Lipinski definition) is 3. The highest BCUT2D eigenvalue weighted by atomic mass is 16.1. The van der Waals surface area contributed by atoms with Gasteiger partial charge in [-0.1, -0.05) is 29.8 Å². The Bertz CT molecular complexity index is 825. The zero-order chi connectivity index (χ0) is 16.2. The average Bonchev–Trinajstić information content (AvgIpc) is 3.03. The maximum absolute atomic E-state index is 12.5. The summed E-state index contributed by atoms with van der Waals surface area (Å²) in [6.45, 7) is 4.61. The van der Waals surface area contributed by atoms with Crippen molar-refractivity contribution in [1.29, 1.82) is 0 Å². The first-order valence-electron chi connectivity index (χ1n) is 7.42. The number of aromatic nitrogens is 3. The lowest BCUT2D eigenvalue weighted by atomic mass is 10.1. The quantitative estimate of drug-likeness (QED) is 0.805. The summed E-state index contributed by atoms with van der Waals surface area (Å²) in [5, 5.41) is 7.04. The first kappa shape index (κ1) is 15.0. The van der Waals surface area contributed by atoms with Crippen molar-refractivity contribution in [3.8, 4) is 0 Å². The van der Waals surface area contributed by atoms with E-state index in [4.69, 9.17) is 0 Å². The molecule has 0 aliphatic rings. The minimum Gasteiger partial charge on any atom is -0.322 e. The minimum absolute atomic E-state index is 0.114. The summed E-state index contributed by atoms with van der Waals surface area (Å²) in [5.41, 5.74) is 4.70. The number of aryl methyl sites for hydroxylation is 2. The molecule has 1 aromatic heterocycles. The largest absolute Gasteiger partial charge is 0.322 e. The summed E-state index contributed by atoms with van der Waals surface area (Å²) >= 11 is 0. The van der Waals surface area contributed by atoms with E-state index in [-0.39, 0.29) is 5.91 Å². The van der Waals surface area contributed by atoms with E-state index in [1.165, 1.54) is 11.9 Å². The summed E-state index contributed by atoms with van der Waals surface area (Å²) in [6, 6.07) is 13.5. The number of nitrogens with one attached hydrogen (secondary N) is 1. The van der Waals surface area contributed by atoms with Crippen molar-refractivity contribution in [2.75, 3.05) is 5.32 Å². The normalized spacial score (nSPS) is 10.5. The van der Waals surface area contributed by atoms with Crippen molar-refractivity contribution in [3.63, 3.8) is 0 Å². The zero-order valence-corrected chi connectivity index (χ0v) is 13.2. The lowest BCUT2D eigenvalue weighted by Gasteiger charge is -2.10. The van der Waals surface area contributed by atoms with Gasteiger partial charge in [-0.3, -0.25) is 4.79 Å². The van der Waals surface area contributed by atoms with Gasteiger partial charge in [-0.05, 0) is 43.2 Å². The molecule has 0 saturated heterocycles. The van der Waals surface area contributed by atoms with Gasteiger partial charge in [0, 0.05) is 11.3 Å². The van der Waals surface area contributed by atoms with Crippen LogP contribution >= 0.6 is 0 Å². The molecule has 0 bridgehead atoms. The molecule has 2 aromatic carbocycles. The third-order valence-electron chi connectivity index (χ3n) is 3.63. The van der Waals surface area contributed by atoms with Crippen molar-refractivity contribution >= 4 is 11.6 Å². The third kappa shape index (κ3) is 3.63. The van der Waals surface area contributed by atoms with E-state index in [9.17, 15) is 4.79 Å². The Morgan fingerprint density at radius 2 is 2.04 bits per heavy atom. The molecule has 116 valence electrons. The number of hydrogen-bond donors (Lipinski definition) is 1. The van der Waals surface area contributed by atoms with Crippen molar-refractivity contribution in [3.05, 3.63) is 77.4 Å². The predicted molar refractivity (Wildman–Crippen MR) is 89.4 cm³/mol. The van der Waals surface area contributed by atoms with Gasteiger partial charge in [-0.25, -0.2) is 9.67 Å². The first-order chi connectivity index (χ1) is 11.1. The maximum Gasteiger partial charge on any atom is 0.255 e. The molecular formula is C18H18N4O. The molecule has 5 nitrogen and oxygen atoms in total. The first-order valence-corrected chi connectivity index (χ1v) is 7.42. The molecule has 0 spiro atoms. The van der Waals surface area contributed by atoms with E-state index >= 15 is 0 Å². The molecule has 23 heavy (non-hydrogen) atoms. The van der Waals surface area contributed by atoms with Crippen LogP contribution in [0.3, 0.4) is 0 Å². The van der Waals surface area contributed by atoms with Gasteiger partial charge in [0.2, 0.25) is 0 Å². The second-order valence-electron chi connectivity index (χ2n) is 5.57. The molecule has 0 unspecified atom stereocenters. The lowest BCUT2D eigenvalue weighted by molar-refractivity contribution is 0.102. The molecule has 0 fully saturated rings. The monoisotopic (exact) mass is 306 g/mol. The fraction of sp³-hybridized carbons (Fsp3) is 0.167. The molecule has 3 rings (SSSR count). The molecular weight excluding hydrogens is 288 g/mol. The van der Waals surface area contributed by atoms with Crippen LogP contribution in [0.5, 0.6) is 0 Å². The molecule has 5 heteroatoms. The zero-order valence-electron chi connectivity index (χ0n) is 13.2. The van der Waals surface area contributed by atoms with Gasteiger partial charge in [0.05, 0.1) is 6.54 Å². The smallest absolute Gasteiger partial charge is 0.255 e. The van der Waals surface area contributed by atoms with Crippen LogP contribution in [0.1, 0.15) is 27.0 Å². The second kappa shape index (κ2) is 6.44. The summed E-state index contributed by atoms with van der Waals surface area (Å²) in [6.07, 6.45) is 3.15. The molecule has 0 aliphatic carbocycles. The molecule has 0 atom stereocenters. The SMILES string of the molecule is Cc1ccc(NC(=O)c2cccc(Cn3cncn3)c2)c(C)c1. The second-order valence-corrected chi connectivity index (χ2v) is 5.57. The minimum atomic E-state index is -0.114. The van der Waals surface area contributed by atoms with E-state index < -0.39 is 0 Å². The fourth-order valence-corrected chi connectivity index (χ4v) is 2.46. The Morgan fingerprint density at radius 3 is 2.78 bits per heavy atom. The van der Waals surface area contributed by atoms with Crippen molar-refractivity contribution < 1.29 is 4.79 Å². The number of anilines is 1. The highest BCUT2D eigenvalue weighted by Gasteiger charge is 2.09. The molecule has 0 radical (unpaired) electrons. The Labute approximate surface area is 135 Å². The molecule has 1 N–H and O–H groups in total. The van der Waals surface area contributed by atoms with Gasteiger partial charge < -0.3 is 5.32 Å². The van der Waals surface area contributed by atoms with Gasteiger partial charge in [-0.15, -0.1) is 0 Å². The van der Waals surface area contributed by atoms with Crippen LogP contribution in [-0.2, 0) is 6.54 Å². The Kier molecular flexibility index (Phi) is 4.19. The number of rotatable bonds is 4. The average molecular weight is 306 g/mol. The number of carbonyl (C=O) groups excluding carboxylic acids is 1. The van der Waals surface area contributed by atoms with Crippen LogP contribution in [-0.4, -0.2) is 20.7 Å². The fourth-order valence-electron chi connectivity index (χ4n) is 2.46. The van der Waals surface area contributed by atoms with E-state index in [2.05, 4.69) is 21.5 Å². The molecule has 0 saturated carbocycles. The predicted octanol–water partition coefficient (Wildman–Crippen LogP) is 3.20. The van der Waals surface area contributed by atoms with Crippen LogP contribution in [0.4, 0.5) is 5.69 Å². The summed E-state index contributed by atoms with van der Waals surface area (Å²) < 4.78 is 1.72. The van der Waals surface area contributed by atoms with Crippen LogP contribution < -0.4 is 5.32 Å². The van der Waals surface area contributed by atoms with Gasteiger partial charge in [0.1, 0.15) is 12.7 Å². The molecule has 3 aromatic rings. The van der Waals surface area contributed by atoms with E-state index in [0.717, 1.165) is 16.8 Å². The summed E-state index contributed by atoms with van der Waals surface area (Å²) in [7, 11) is 0.